The predicted octanol–water partition coefficient (Wildman–Crippen LogP) is 3.72. The van der Waals surface area contributed by atoms with Crippen molar-refractivity contribution in [1.82, 2.24) is 0 Å². The lowest BCUT2D eigenvalue weighted by molar-refractivity contribution is -0.116. The molecule has 2 aromatic carbocycles. The van der Waals surface area contributed by atoms with Gasteiger partial charge in [-0.3, -0.25) is 9.10 Å². The van der Waals surface area contributed by atoms with E-state index in [0.717, 1.165) is 34.2 Å². The zero-order valence-corrected chi connectivity index (χ0v) is 16.8. The van der Waals surface area contributed by atoms with Crippen LogP contribution in [0.5, 0.6) is 0 Å². The molecule has 0 bridgehead atoms. The van der Waals surface area contributed by atoms with Crippen molar-refractivity contribution in [3.8, 4) is 0 Å². The standard InChI is InChI=1S/C20H26N2O3S/c1-14-6-7-19(17(4)11-14)21-20(23)8-9-22(26(5,24)25)18-12-15(2)10-16(3)13-18/h6-7,10-13H,8-9H2,1-5H3,(H,21,23). The Morgan fingerprint density at radius 1 is 0.962 bits per heavy atom. The monoisotopic (exact) mass is 374 g/mol. The van der Waals surface area contributed by atoms with Crippen LogP contribution in [0.2, 0.25) is 0 Å². The number of nitrogens with one attached hydrogen (secondary N) is 1. The number of anilines is 2. The van der Waals surface area contributed by atoms with E-state index in [4.69, 9.17) is 0 Å². The molecule has 0 aliphatic rings. The van der Waals surface area contributed by atoms with Crippen molar-refractivity contribution in [2.45, 2.75) is 34.1 Å². The lowest BCUT2D eigenvalue weighted by atomic mass is 10.1. The SMILES string of the molecule is Cc1cc(C)cc(N(CCC(=O)Nc2ccc(C)cc2C)S(C)(=O)=O)c1. The summed E-state index contributed by atoms with van der Waals surface area (Å²) in [5, 5.41) is 2.86. The number of aryl methyl sites for hydroxylation is 4. The summed E-state index contributed by atoms with van der Waals surface area (Å²) in [5.74, 6) is -0.213. The molecule has 2 rings (SSSR count). The van der Waals surface area contributed by atoms with Crippen LogP contribution in [-0.2, 0) is 14.8 Å². The molecule has 5 nitrogen and oxygen atoms in total. The van der Waals surface area contributed by atoms with Crippen molar-refractivity contribution in [2.75, 3.05) is 22.4 Å². The molecule has 0 aliphatic carbocycles. The van der Waals surface area contributed by atoms with Gasteiger partial charge in [-0.15, -0.1) is 0 Å². The maximum atomic E-state index is 12.3. The van der Waals surface area contributed by atoms with Crippen molar-refractivity contribution in [1.29, 1.82) is 0 Å². The quantitative estimate of drug-likeness (QED) is 0.838. The average Bonchev–Trinajstić information content (AvgIpc) is 2.48. The van der Waals surface area contributed by atoms with Gasteiger partial charge in [0.25, 0.3) is 0 Å². The summed E-state index contributed by atoms with van der Waals surface area (Å²) in [5.41, 5.74) is 5.40. The lowest BCUT2D eigenvalue weighted by Crippen LogP contribution is -2.33. The fraction of sp³-hybridized carbons (Fsp3) is 0.350. The first-order valence-electron chi connectivity index (χ1n) is 8.49. The van der Waals surface area contributed by atoms with Gasteiger partial charge in [0.05, 0.1) is 11.9 Å². The van der Waals surface area contributed by atoms with Crippen LogP contribution in [0.15, 0.2) is 36.4 Å². The highest BCUT2D eigenvalue weighted by atomic mass is 32.2. The third kappa shape index (κ3) is 5.33. The number of sulfonamides is 1. The molecule has 0 radical (unpaired) electrons. The van der Waals surface area contributed by atoms with E-state index in [1.165, 1.54) is 4.31 Å². The number of nitrogens with zero attached hydrogens (tertiary/aromatic N) is 1. The third-order valence-corrected chi connectivity index (χ3v) is 5.29. The maximum Gasteiger partial charge on any atom is 0.232 e. The Labute approximate surface area is 156 Å². The molecule has 0 spiro atoms. The van der Waals surface area contributed by atoms with Gasteiger partial charge >= 0.3 is 0 Å². The molecule has 0 fully saturated rings. The topological polar surface area (TPSA) is 66.5 Å². The van der Waals surface area contributed by atoms with Gasteiger partial charge < -0.3 is 5.32 Å². The molecule has 0 saturated heterocycles. The van der Waals surface area contributed by atoms with E-state index in [1.54, 1.807) is 0 Å². The van der Waals surface area contributed by atoms with Gasteiger partial charge in [0.2, 0.25) is 15.9 Å². The van der Waals surface area contributed by atoms with E-state index >= 15 is 0 Å². The van der Waals surface area contributed by atoms with Gasteiger partial charge in [-0.25, -0.2) is 8.42 Å². The van der Waals surface area contributed by atoms with Crippen LogP contribution in [0, 0.1) is 27.7 Å². The summed E-state index contributed by atoms with van der Waals surface area (Å²) in [4.78, 5) is 12.3. The molecule has 26 heavy (non-hydrogen) atoms. The van der Waals surface area contributed by atoms with Crippen LogP contribution in [0.4, 0.5) is 11.4 Å². The lowest BCUT2D eigenvalue weighted by Gasteiger charge is -2.23. The van der Waals surface area contributed by atoms with Crippen LogP contribution in [0.1, 0.15) is 28.7 Å². The van der Waals surface area contributed by atoms with Gasteiger partial charge in [0.1, 0.15) is 0 Å². The highest BCUT2D eigenvalue weighted by Crippen LogP contribution is 2.22. The molecular weight excluding hydrogens is 348 g/mol. The number of amides is 1. The fourth-order valence-electron chi connectivity index (χ4n) is 2.95. The molecule has 0 aliphatic heterocycles. The Morgan fingerprint density at radius 3 is 2.12 bits per heavy atom. The number of carbonyl (C=O) groups is 1. The van der Waals surface area contributed by atoms with Gasteiger partial charge in [-0.05, 0) is 62.6 Å². The minimum absolute atomic E-state index is 0.0768. The van der Waals surface area contributed by atoms with Crippen LogP contribution in [0.3, 0.4) is 0 Å². The first-order valence-corrected chi connectivity index (χ1v) is 10.3. The zero-order valence-electron chi connectivity index (χ0n) is 16.0. The number of rotatable bonds is 6. The summed E-state index contributed by atoms with van der Waals surface area (Å²) in [6, 6.07) is 11.4. The van der Waals surface area contributed by atoms with Gasteiger partial charge in [-0.1, -0.05) is 23.8 Å². The summed E-state index contributed by atoms with van der Waals surface area (Å²) in [6.45, 7) is 7.86. The Kier molecular flexibility index (Phi) is 6.08. The smallest absolute Gasteiger partial charge is 0.232 e. The molecule has 1 N–H and O–H groups in total. The zero-order chi connectivity index (χ0) is 19.5. The molecule has 1 amide bonds. The Balaban J connectivity index is 2.13. The first kappa shape index (κ1) is 20.0. The molecule has 0 unspecified atom stereocenters. The number of carbonyl (C=O) groups excluding carboxylic acids is 1. The van der Waals surface area contributed by atoms with Crippen molar-refractivity contribution in [2.24, 2.45) is 0 Å². The van der Waals surface area contributed by atoms with Crippen LogP contribution < -0.4 is 9.62 Å². The summed E-state index contributed by atoms with van der Waals surface area (Å²) in [6.07, 6.45) is 1.24. The molecule has 0 heterocycles. The van der Waals surface area contributed by atoms with Gasteiger partial charge in [0, 0.05) is 18.7 Å². The summed E-state index contributed by atoms with van der Waals surface area (Å²) < 4.78 is 25.7. The third-order valence-electron chi connectivity index (χ3n) is 4.09. The average molecular weight is 375 g/mol. The predicted molar refractivity (Wildman–Crippen MR) is 107 cm³/mol. The molecule has 2 aromatic rings. The van der Waals surface area contributed by atoms with Crippen molar-refractivity contribution in [3.05, 3.63) is 58.7 Å². The summed E-state index contributed by atoms with van der Waals surface area (Å²) in [7, 11) is -3.48. The maximum absolute atomic E-state index is 12.3. The largest absolute Gasteiger partial charge is 0.326 e. The van der Waals surface area contributed by atoms with E-state index in [-0.39, 0.29) is 18.9 Å². The summed E-state index contributed by atoms with van der Waals surface area (Å²) >= 11 is 0. The molecule has 0 aromatic heterocycles. The van der Waals surface area contributed by atoms with Crippen molar-refractivity contribution >= 4 is 27.3 Å². The second-order valence-corrected chi connectivity index (χ2v) is 8.70. The minimum atomic E-state index is -3.48. The second kappa shape index (κ2) is 7.91. The van der Waals surface area contributed by atoms with E-state index in [0.29, 0.717) is 5.69 Å². The van der Waals surface area contributed by atoms with Gasteiger partial charge in [-0.2, -0.15) is 0 Å². The Morgan fingerprint density at radius 2 is 1.58 bits per heavy atom. The Bertz CT molecular complexity index is 900. The number of benzene rings is 2. The van der Waals surface area contributed by atoms with E-state index in [2.05, 4.69) is 5.32 Å². The fourth-order valence-corrected chi connectivity index (χ4v) is 3.86. The molecular formula is C20H26N2O3S. The normalized spacial score (nSPS) is 11.3. The van der Waals surface area contributed by atoms with Crippen LogP contribution >= 0.6 is 0 Å². The number of hydrogen-bond donors (Lipinski definition) is 1. The van der Waals surface area contributed by atoms with Gasteiger partial charge in [0.15, 0.2) is 0 Å². The van der Waals surface area contributed by atoms with E-state index in [1.807, 2.05) is 64.1 Å². The highest BCUT2D eigenvalue weighted by Gasteiger charge is 2.19. The van der Waals surface area contributed by atoms with Crippen LogP contribution in [0.25, 0.3) is 0 Å². The molecule has 0 saturated carbocycles. The van der Waals surface area contributed by atoms with E-state index < -0.39 is 10.0 Å². The molecule has 6 heteroatoms. The minimum Gasteiger partial charge on any atom is -0.326 e. The van der Waals surface area contributed by atoms with Crippen LogP contribution in [-0.4, -0.2) is 27.1 Å². The second-order valence-electron chi connectivity index (χ2n) is 6.80. The first-order chi connectivity index (χ1) is 12.1. The molecule has 0 atom stereocenters. The van der Waals surface area contributed by atoms with Crippen molar-refractivity contribution in [3.63, 3.8) is 0 Å². The highest BCUT2D eigenvalue weighted by molar-refractivity contribution is 7.92. The van der Waals surface area contributed by atoms with Crippen molar-refractivity contribution < 1.29 is 13.2 Å². The number of hydrogen-bond acceptors (Lipinski definition) is 3. The van der Waals surface area contributed by atoms with E-state index in [9.17, 15) is 13.2 Å². The molecule has 140 valence electrons. The Hall–Kier alpha value is -2.34.